The number of anilines is 2. The molecule has 22 heavy (non-hydrogen) atoms. The smallest absolute Gasteiger partial charge is 0.225 e. The predicted octanol–water partition coefficient (Wildman–Crippen LogP) is 4.57. The van der Waals surface area contributed by atoms with Crippen molar-refractivity contribution in [2.75, 3.05) is 17.2 Å². The van der Waals surface area contributed by atoms with Crippen LogP contribution in [0, 0.1) is 0 Å². The molecule has 0 aliphatic rings. The molecule has 1 aromatic carbocycles. The zero-order valence-corrected chi connectivity index (χ0v) is 14.0. The number of hydrogen-bond acceptors (Lipinski definition) is 4. The average molecular weight is 298 g/mol. The van der Waals surface area contributed by atoms with Crippen LogP contribution in [0.15, 0.2) is 36.4 Å². The number of hydrogen-bond donors (Lipinski definition) is 2. The molecule has 4 heteroatoms. The van der Waals surface area contributed by atoms with Crippen molar-refractivity contribution < 1.29 is 0 Å². The van der Waals surface area contributed by atoms with E-state index >= 15 is 0 Å². The van der Waals surface area contributed by atoms with E-state index in [4.69, 9.17) is 0 Å². The second kappa shape index (κ2) is 7.25. The first kappa shape index (κ1) is 16.3. The lowest BCUT2D eigenvalue weighted by Gasteiger charge is -2.21. The van der Waals surface area contributed by atoms with E-state index in [1.165, 1.54) is 0 Å². The fraction of sp³-hybridized carbons (Fsp3) is 0.444. The molecule has 0 spiro atoms. The Hall–Kier alpha value is -2.10. The predicted molar refractivity (Wildman–Crippen MR) is 94.2 cm³/mol. The lowest BCUT2D eigenvalue weighted by molar-refractivity contribution is 0.626. The summed E-state index contributed by atoms with van der Waals surface area (Å²) >= 11 is 0. The van der Waals surface area contributed by atoms with Crippen molar-refractivity contribution >= 4 is 11.8 Å². The largest absolute Gasteiger partial charge is 0.370 e. The molecule has 0 saturated heterocycles. The first-order chi connectivity index (χ1) is 10.5. The molecule has 0 unspecified atom stereocenters. The number of aromatic nitrogens is 2. The van der Waals surface area contributed by atoms with Gasteiger partial charge in [0.25, 0.3) is 0 Å². The van der Waals surface area contributed by atoms with Gasteiger partial charge in [-0.05, 0) is 27.2 Å². The third kappa shape index (κ3) is 5.02. The van der Waals surface area contributed by atoms with Gasteiger partial charge in [-0.25, -0.2) is 4.98 Å². The van der Waals surface area contributed by atoms with Crippen LogP contribution in [-0.4, -0.2) is 22.1 Å². The highest BCUT2D eigenvalue weighted by Gasteiger charge is 2.13. The summed E-state index contributed by atoms with van der Waals surface area (Å²) in [5.41, 5.74) is 1.96. The number of nitrogens with zero attached hydrogens (tertiary/aromatic N) is 2. The van der Waals surface area contributed by atoms with Crippen LogP contribution in [0.5, 0.6) is 0 Å². The van der Waals surface area contributed by atoms with Gasteiger partial charge < -0.3 is 10.6 Å². The number of unbranched alkanes of at least 4 members (excludes halogenated alkanes) is 1. The first-order valence-electron chi connectivity index (χ1n) is 7.94. The molecule has 1 heterocycles. The van der Waals surface area contributed by atoms with E-state index in [-0.39, 0.29) is 5.54 Å². The van der Waals surface area contributed by atoms with Gasteiger partial charge in [0.05, 0.1) is 5.69 Å². The minimum atomic E-state index is -0.0734. The minimum Gasteiger partial charge on any atom is -0.370 e. The summed E-state index contributed by atoms with van der Waals surface area (Å²) in [5.74, 6) is 1.53. The molecule has 2 aromatic rings. The van der Waals surface area contributed by atoms with Crippen LogP contribution in [0.3, 0.4) is 0 Å². The monoisotopic (exact) mass is 298 g/mol. The third-order valence-electron chi connectivity index (χ3n) is 3.12. The molecular weight excluding hydrogens is 272 g/mol. The lowest BCUT2D eigenvalue weighted by atomic mass is 10.1. The molecule has 0 aliphatic heterocycles. The molecular formula is C18H26N4. The highest BCUT2D eigenvalue weighted by Crippen LogP contribution is 2.22. The second-order valence-corrected chi connectivity index (χ2v) is 6.48. The Morgan fingerprint density at radius 3 is 2.41 bits per heavy atom. The maximum Gasteiger partial charge on any atom is 0.225 e. The van der Waals surface area contributed by atoms with Gasteiger partial charge in [-0.3, -0.25) is 0 Å². The lowest BCUT2D eigenvalue weighted by Crippen LogP contribution is -2.27. The normalized spacial score (nSPS) is 11.3. The van der Waals surface area contributed by atoms with Crippen molar-refractivity contribution in [1.82, 2.24) is 9.97 Å². The maximum absolute atomic E-state index is 4.66. The Morgan fingerprint density at radius 1 is 1.05 bits per heavy atom. The highest BCUT2D eigenvalue weighted by atomic mass is 15.2. The second-order valence-electron chi connectivity index (χ2n) is 6.48. The Labute approximate surface area is 133 Å². The van der Waals surface area contributed by atoms with Crippen LogP contribution in [-0.2, 0) is 0 Å². The van der Waals surface area contributed by atoms with Gasteiger partial charge in [0, 0.05) is 23.7 Å². The fourth-order valence-corrected chi connectivity index (χ4v) is 2.08. The van der Waals surface area contributed by atoms with Gasteiger partial charge in [0.2, 0.25) is 5.95 Å². The Balaban J connectivity index is 2.31. The third-order valence-corrected chi connectivity index (χ3v) is 3.12. The average Bonchev–Trinajstić information content (AvgIpc) is 2.46. The van der Waals surface area contributed by atoms with E-state index in [1.807, 2.05) is 24.3 Å². The molecule has 0 fully saturated rings. The summed E-state index contributed by atoms with van der Waals surface area (Å²) in [4.78, 5) is 9.24. The molecule has 0 saturated carbocycles. The highest BCUT2D eigenvalue weighted by molar-refractivity contribution is 5.64. The molecule has 1 aromatic heterocycles. The summed E-state index contributed by atoms with van der Waals surface area (Å²) in [5, 5.41) is 6.75. The molecule has 0 aliphatic carbocycles. The summed E-state index contributed by atoms with van der Waals surface area (Å²) in [7, 11) is 0. The number of benzene rings is 1. The molecule has 0 radical (unpaired) electrons. The standard InChI is InChI=1S/C18H26N4/c1-5-6-12-19-16-13-15(14-10-8-7-9-11-14)20-17(21-16)22-18(2,3)4/h7-11,13H,5-6,12H2,1-4H3,(H2,19,20,21,22). The van der Waals surface area contributed by atoms with E-state index < -0.39 is 0 Å². The van der Waals surface area contributed by atoms with Gasteiger partial charge in [0.15, 0.2) is 0 Å². The Kier molecular flexibility index (Phi) is 5.36. The Morgan fingerprint density at radius 2 is 1.77 bits per heavy atom. The molecule has 4 nitrogen and oxygen atoms in total. The van der Waals surface area contributed by atoms with Crippen molar-refractivity contribution in [2.24, 2.45) is 0 Å². The van der Waals surface area contributed by atoms with E-state index in [1.54, 1.807) is 0 Å². The molecule has 0 amide bonds. The van der Waals surface area contributed by atoms with E-state index in [0.29, 0.717) is 5.95 Å². The van der Waals surface area contributed by atoms with E-state index in [2.05, 4.69) is 60.4 Å². The van der Waals surface area contributed by atoms with Crippen LogP contribution in [0.4, 0.5) is 11.8 Å². The summed E-state index contributed by atoms with van der Waals surface area (Å²) in [6.45, 7) is 9.43. The fourth-order valence-electron chi connectivity index (χ4n) is 2.08. The quantitative estimate of drug-likeness (QED) is 0.767. The molecule has 0 bridgehead atoms. The van der Waals surface area contributed by atoms with Crippen molar-refractivity contribution in [1.29, 1.82) is 0 Å². The van der Waals surface area contributed by atoms with Crippen LogP contribution in [0.25, 0.3) is 11.3 Å². The number of rotatable bonds is 6. The van der Waals surface area contributed by atoms with Crippen LogP contribution >= 0.6 is 0 Å². The zero-order chi connectivity index (χ0) is 16.0. The van der Waals surface area contributed by atoms with E-state index in [9.17, 15) is 0 Å². The molecule has 2 rings (SSSR count). The van der Waals surface area contributed by atoms with Gasteiger partial charge in [-0.1, -0.05) is 43.7 Å². The van der Waals surface area contributed by atoms with Crippen molar-refractivity contribution in [2.45, 2.75) is 46.1 Å². The SMILES string of the molecule is CCCCNc1cc(-c2ccccc2)nc(NC(C)(C)C)n1. The van der Waals surface area contributed by atoms with Crippen molar-refractivity contribution in [3.63, 3.8) is 0 Å². The van der Waals surface area contributed by atoms with Crippen LogP contribution < -0.4 is 10.6 Å². The molecule has 118 valence electrons. The van der Waals surface area contributed by atoms with Gasteiger partial charge in [-0.15, -0.1) is 0 Å². The first-order valence-corrected chi connectivity index (χ1v) is 7.94. The van der Waals surface area contributed by atoms with Crippen molar-refractivity contribution in [3.8, 4) is 11.3 Å². The number of nitrogens with one attached hydrogen (secondary N) is 2. The minimum absolute atomic E-state index is 0.0734. The van der Waals surface area contributed by atoms with Gasteiger partial charge >= 0.3 is 0 Å². The Bertz CT molecular complexity index is 588. The van der Waals surface area contributed by atoms with Gasteiger partial charge in [0.1, 0.15) is 5.82 Å². The molecule has 0 atom stereocenters. The van der Waals surface area contributed by atoms with Gasteiger partial charge in [-0.2, -0.15) is 4.98 Å². The topological polar surface area (TPSA) is 49.8 Å². The zero-order valence-electron chi connectivity index (χ0n) is 14.0. The van der Waals surface area contributed by atoms with Crippen molar-refractivity contribution in [3.05, 3.63) is 36.4 Å². The van der Waals surface area contributed by atoms with Crippen LogP contribution in [0.1, 0.15) is 40.5 Å². The van der Waals surface area contributed by atoms with Crippen LogP contribution in [0.2, 0.25) is 0 Å². The summed E-state index contributed by atoms with van der Waals surface area (Å²) in [6.07, 6.45) is 2.30. The maximum atomic E-state index is 4.66. The summed E-state index contributed by atoms with van der Waals surface area (Å²) in [6, 6.07) is 12.2. The molecule has 2 N–H and O–H groups in total. The summed E-state index contributed by atoms with van der Waals surface area (Å²) < 4.78 is 0. The van der Waals surface area contributed by atoms with E-state index in [0.717, 1.165) is 36.5 Å².